The largest absolute Gasteiger partial charge is 0.493 e. The summed E-state index contributed by atoms with van der Waals surface area (Å²) in [7, 11) is 3.11. The molecule has 0 bridgehead atoms. The molecule has 0 aromatic heterocycles. The lowest BCUT2D eigenvalue weighted by Crippen LogP contribution is -2.45. The van der Waals surface area contributed by atoms with Crippen molar-refractivity contribution in [3.63, 3.8) is 0 Å². The molecule has 1 N–H and O–H groups in total. The van der Waals surface area contributed by atoms with E-state index in [9.17, 15) is 26.7 Å². The lowest BCUT2D eigenvalue weighted by Gasteiger charge is -2.41. The minimum absolute atomic E-state index is 0.0556. The predicted molar refractivity (Wildman–Crippen MR) is 139 cm³/mol. The molecule has 2 aromatic rings. The van der Waals surface area contributed by atoms with Gasteiger partial charge in [0.25, 0.3) is 0 Å². The van der Waals surface area contributed by atoms with E-state index in [-0.39, 0.29) is 17.4 Å². The first-order valence-corrected chi connectivity index (χ1v) is 13.1. The number of benzene rings is 2. The van der Waals surface area contributed by atoms with E-state index in [1.54, 1.807) is 25.2 Å². The van der Waals surface area contributed by atoms with Gasteiger partial charge in [-0.3, -0.25) is 4.79 Å². The average Bonchev–Trinajstić information content (AvgIpc) is 2.97. The van der Waals surface area contributed by atoms with Crippen LogP contribution in [0, 0.1) is 40.9 Å². The standard InChI is InChI=1S/C27H30F5N3O3S/c1-37-18-4-3-15(13-19(18)38-2)14-20(36)34-9-5-16(6-10-34)17-7-11-35(12-8-17)27(39)33-26-24(31)22(29)21(28)23(30)25(26)32/h3-4,13,16-17H,5-12,14H2,1-2H3,(H,33,39). The molecule has 1 amide bonds. The van der Waals surface area contributed by atoms with Crippen molar-refractivity contribution < 1.29 is 36.2 Å². The highest BCUT2D eigenvalue weighted by Crippen LogP contribution is 2.34. The number of thiocarbonyl (C=S) groups is 1. The molecule has 2 aliphatic rings. The van der Waals surface area contributed by atoms with Crippen molar-refractivity contribution in [1.29, 1.82) is 0 Å². The van der Waals surface area contributed by atoms with Crippen LogP contribution >= 0.6 is 12.2 Å². The number of anilines is 1. The van der Waals surface area contributed by atoms with Gasteiger partial charge >= 0.3 is 0 Å². The highest BCUT2D eigenvalue weighted by atomic mass is 32.1. The van der Waals surface area contributed by atoms with Crippen LogP contribution < -0.4 is 14.8 Å². The normalized spacial score (nSPS) is 16.8. The molecule has 0 atom stereocenters. The summed E-state index contributed by atoms with van der Waals surface area (Å²) < 4.78 is 78.9. The Bertz CT molecular complexity index is 1200. The minimum Gasteiger partial charge on any atom is -0.493 e. The van der Waals surface area contributed by atoms with Gasteiger partial charge in [0, 0.05) is 26.2 Å². The Morgan fingerprint density at radius 2 is 1.31 bits per heavy atom. The Labute approximate surface area is 229 Å². The number of piperidine rings is 2. The van der Waals surface area contributed by atoms with Crippen molar-refractivity contribution in [2.24, 2.45) is 11.8 Å². The van der Waals surface area contributed by atoms with Crippen LogP contribution in [0.3, 0.4) is 0 Å². The van der Waals surface area contributed by atoms with Crippen LogP contribution in [0.2, 0.25) is 0 Å². The van der Waals surface area contributed by atoms with Crippen LogP contribution in [0.5, 0.6) is 11.5 Å². The lowest BCUT2D eigenvalue weighted by atomic mass is 9.79. The molecule has 2 aliphatic heterocycles. The van der Waals surface area contributed by atoms with Crippen LogP contribution in [0.4, 0.5) is 27.6 Å². The molecule has 39 heavy (non-hydrogen) atoms. The summed E-state index contributed by atoms with van der Waals surface area (Å²) in [5.41, 5.74) is -0.300. The Morgan fingerprint density at radius 1 is 0.821 bits per heavy atom. The highest BCUT2D eigenvalue weighted by Gasteiger charge is 2.32. The van der Waals surface area contributed by atoms with Crippen LogP contribution in [0.25, 0.3) is 0 Å². The first-order valence-electron chi connectivity index (χ1n) is 12.7. The third-order valence-electron chi connectivity index (χ3n) is 7.63. The summed E-state index contributed by atoms with van der Waals surface area (Å²) in [6.07, 6.45) is 3.55. The maximum atomic E-state index is 14.0. The number of carbonyl (C=O) groups is 1. The fraction of sp³-hybridized carbons (Fsp3) is 0.481. The van der Waals surface area contributed by atoms with E-state index in [1.807, 2.05) is 17.0 Å². The summed E-state index contributed by atoms with van der Waals surface area (Å²) in [6.45, 7) is 2.31. The second-order valence-electron chi connectivity index (χ2n) is 9.78. The number of carbonyl (C=O) groups excluding carboxylic acids is 1. The fourth-order valence-corrected chi connectivity index (χ4v) is 5.66. The van der Waals surface area contributed by atoms with Crippen molar-refractivity contribution in [2.45, 2.75) is 32.1 Å². The Morgan fingerprint density at radius 3 is 1.82 bits per heavy atom. The molecule has 0 spiro atoms. The maximum Gasteiger partial charge on any atom is 0.226 e. The maximum absolute atomic E-state index is 14.0. The minimum atomic E-state index is -2.21. The van der Waals surface area contributed by atoms with Gasteiger partial charge in [-0.15, -0.1) is 0 Å². The number of likely N-dealkylation sites (tertiary alicyclic amines) is 2. The van der Waals surface area contributed by atoms with Crippen molar-refractivity contribution in [3.8, 4) is 11.5 Å². The van der Waals surface area contributed by atoms with Crippen LogP contribution in [-0.4, -0.2) is 61.2 Å². The summed E-state index contributed by atoms with van der Waals surface area (Å²) in [5, 5.41) is 2.11. The Balaban J connectivity index is 1.25. The monoisotopic (exact) mass is 571 g/mol. The van der Waals surface area contributed by atoms with E-state index in [1.165, 1.54) is 0 Å². The fourth-order valence-electron chi connectivity index (χ4n) is 5.37. The van der Waals surface area contributed by atoms with Gasteiger partial charge < -0.3 is 24.6 Å². The molecule has 2 fully saturated rings. The molecule has 212 valence electrons. The van der Waals surface area contributed by atoms with Gasteiger partial charge in [0.2, 0.25) is 11.7 Å². The number of methoxy groups -OCH3 is 2. The van der Waals surface area contributed by atoms with Crippen LogP contribution in [0.1, 0.15) is 31.2 Å². The van der Waals surface area contributed by atoms with Crippen molar-refractivity contribution >= 4 is 28.9 Å². The summed E-state index contributed by atoms with van der Waals surface area (Å²) in [5.74, 6) is -8.10. The van der Waals surface area contributed by atoms with Crippen molar-refractivity contribution in [1.82, 2.24) is 9.80 Å². The van der Waals surface area contributed by atoms with Gasteiger partial charge in [-0.1, -0.05) is 6.07 Å². The Hall–Kier alpha value is -3.15. The summed E-state index contributed by atoms with van der Waals surface area (Å²) in [6, 6.07) is 5.44. The Kier molecular flexibility index (Phi) is 9.14. The SMILES string of the molecule is COc1ccc(CC(=O)N2CCC(C3CCN(C(=S)Nc4c(F)c(F)c(F)c(F)c4F)CC3)CC2)cc1OC. The van der Waals surface area contributed by atoms with E-state index < -0.39 is 34.8 Å². The quantitative estimate of drug-likeness (QED) is 0.220. The first kappa shape index (κ1) is 28.8. The molecule has 0 aliphatic carbocycles. The molecule has 4 rings (SSSR count). The lowest BCUT2D eigenvalue weighted by molar-refractivity contribution is -0.132. The van der Waals surface area contributed by atoms with Gasteiger partial charge in [0.05, 0.1) is 20.6 Å². The van der Waals surface area contributed by atoms with E-state index in [2.05, 4.69) is 5.32 Å². The second kappa shape index (κ2) is 12.4. The van der Waals surface area contributed by atoms with E-state index in [0.717, 1.165) is 31.2 Å². The summed E-state index contributed by atoms with van der Waals surface area (Å²) in [4.78, 5) is 16.4. The molecule has 2 heterocycles. The number of rotatable bonds is 6. The number of nitrogens with one attached hydrogen (secondary N) is 1. The molecule has 0 unspecified atom stereocenters. The third kappa shape index (κ3) is 6.21. The number of ether oxygens (including phenoxy) is 2. The molecule has 12 heteroatoms. The average molecular weight is 572 g/mol. The van der Waals surface area contributed by atoms with Crippen molar-refractivity contribution in [3.05, 3.63) is 52.8 Å². The first-order chi connectivity index (χ1) is 18.6. The van der Waals surface area contributed by atoms with Gasteiger partial charge in [0.1, 0.15) is 5.69 Å². The number of halogens is 5. The number of hydrogen-bond acceptors (Lipinski definition) is 4. The van der Waals surface area contributed by atoms with Gasteiger partial charge in [-0.05, 0) is 67.4 Å². The zero-order valence-corrected chi connectivity index (χ0v) is 22.5. The molecular weight excluding hydrogens is 541 g/mol. The van der Waals surface area contributed by atoms with Gasteiger partial charge in [-0.2, -0.15) is 0 Å². The smallest absolute Gasteiger partial charge is 0.226 e. The summed E-state index contributed by atoms with van der Waals surface area (Å²) >= 11 is 5.20. The highest BCUT2D eigenvalue weighted by molar-refractivity contribution is 7.80. The van der Waals surface area contributed by atoms with Gasteiger partial charge in [0.15, 0.2) is 39.9 Å². The van der Waals surface area contributed by atoms with Crippen LogP contribution in [0.15, 0.2) is 18.2 Å². The zero-order chi connectivity index (χ0) is 28.3. The van der Waals surface area contributed by atoms with Crippen LogP contribution in [-0.2, 0) is 11.2 Å². The zero-order valence-electron chi connectivity index (χ0n) is 21.7. The molecule has 2 aromatic carbocycles. The molecular formula is C27H30F5N3O3S. The van der Waals surface area contributed by atoms with Crippen molar-refractivity contribution in [2.75, 3.05) is 45.7 Å². The third-order valence-corrected chi connectivity index (χ3v) is 7.99. The molecule has 6 nitrogen and oxygen atoms in total. The number of amides is 1. The molecule has 0 radical (unpaired) electrons. The van der Waals surface area contributed by atoms with E-state index in [4.69, 9.17) is 21.7 Å². The topological polar surface area (TPSA) is 54.0 Å². The number of hydrogen-bond donors (Lipinski definition) is 1. The second-order valence-corrected chi connectivity index (χ2v) is 10.2. The van der Waals surface area contributed by atoms with E-state index in [0.29, 0.717) is 49.5 Å². The van der Waals surface area contributed by atoms with E-state index >= 15 is 0 Å². The predicted octanol–water partition coefficient (Wildman–Crippen LogP) is 5.29. The van der Waals surface area contributed by atoms with Gasteiger partial charge in [-0.25, -0.2) is 22.0 Å². The number of nitrogens with zero attached hydrogens (tertiary/aromatic N) is 2. The molecule has 2 saturated heterocycles. The molecule has 0 saturated carbocycles.